The number of carbonyl (C=O) groups excluding carboxylic acids is 1. The van der Waals surface area contributed by atoms with Gasteiger partial charge in [-0.25, -0.2) is 0 Å². The number of nitrogens with two attached hydrogens (primary N) is 1. The van der Waals surface area contributed by atoms with Gasteiger partial charge in [0, 0.05) is 31.4 Å². The summed E-state index contributed by atoms with van der Waals surface area (Å²) in [4.78, 5) is 15.9. The van der Waals surface area contributed by atoms with E-state index in [9.17, 15) is 4.79 Å². The van der Waals surface area contributed by atoms with Gasteiger partial charge in [-0.3, -0.25) is 4.79 Å². The molecule has 0 atom stereocenters. The Labute approximate surface area is 213 Å². The number of ether oxygens (including phenoxy) is 5. The minimum Gasteiger partial charge on any atom is -0.492 e. The first-order valence-corrected chi connectivity index (χ1v) is 11.8. The van der Waals surface area contributed by atoms with Crippen LogP contribution in [0.15, 0.2) is 30.3 Å². The number of methoxy groups -OCH3 is 3. The van der Waals surface area contributed by atoms with E-state index in [-0.39, 0.29) is 30.4 Å². The summed E-state index contributed by atoms with van der Waals surface area (Å²) in [6, 6.07) is 9.79. The maximum absolute atomic E-state index is 13.9. The maximum atomic E-state index is 13.9. The third kappa shape index (κ3) is 5.94. The Morgan fingerprint density at radius 2 is 1.54 bits per heavy atom. The fourth-order valence-electron chi connectivity index (χ4n) is 4.52. The maximum Gasteiger partial charge on any atom is 0.258 e. The Morgan fingerprint density at radius 3 is 2.09 bits per heavy atom. The zero-order valence-corrected chi connectivity index (χ0v) is 21.4. The van der Waals surface area contributed by atoms with E-state index in [0.717, 1.165) is 37.7 Å². The first-order valence-electron chi connectivity index (χ1n) is 11.8. The lowest BCUT2D eigenvalue weighted by Crippen LogP contribution is -2.45. The molecule has 9 heteroatoms. The van der Waals surface area contributed by atoms with Gasteiger partial charge in [0.1, 0.15) is 5.75 Å². The molecule has 192 valence electrons. The molecule has 1 aliphatic heterocycles. The highest BCUT2D eigenvalue weighted by Gasteiger charge is 2.40. The molecular formula is C26H35ClN2O6. The van der Waals surface area contributed by atoms with Crippen LogP contribution in [0.4, 0.5) is 0 Å². The van der Waals surface area contributed by atoms with Crippen molar-refractivity contribution in [2.75, 3.05) is 41.1 Å². The molecule has 2 N–H and O–H groups in total. The standard InChI is InChI=1S/C26H34N2O6.ClH/c1-30-23-21(26(29)28(18-6-7-18)19-11-14-33-15-12-19)16-22(24(31-2)25(23)32-3)34-20-8-4-17(5-9-20)10-13-27;/h4-5,8-9,16,18-19H,6-7,10-15,27H2,1-3H3;1H. The highest BCUT2D eigenvalue weighted by Crippen LogP contribution is 2.49. The third-order valence-electron chi connectivity index (χ3n) is 6.34. The number of hydrogen-bond donors (Lipinski definition) is 1. The van der Waals surface area contributed by atoms with Gasteiger partial charge < -0.3 is 34.3 Å². The van der Waals surface area contributed by atoms with Gasteiger partial charge >= 0.3 is 0 Å². The Balaban J connectivity index is 0.00000342. The van der Waals surface area contributed by atoms with E-state index in [4.69, 9.17) is 29.4 Å². The van der Waals surface area contributed by atoms with Crippen molar-refractivity contribution >= 4 is 18.3 Å². The summed E-state index contributed by atoms with van der Waals surface area (Å²) in [7, 11) is 4.59. The minimum absolute atomic E-state index is 0. The topological polar surface area (TPSA) is 92.5 Å². The van der Waals surface area contributed by atoms with Crippen molar-refractivity contribution in [3.63, 3.8) is 0 Å². The van der Waals surface area contributed by atoms with E-state index in [1.54, 1.807) is 6.07 Å². The van der Waals surface area contributed by atoms with Crippen LogP contribution in [-0.2, 0) is 11.2 Å². The van der Waals surface area contributed by atoms with E-state index in [2.05, 4.69) is 0 Å². The van der Waals surface area contributed by atoms with Crippen LogP contribution in [0.3, 0.4) is 0 Å². The normalized spacial score (nSPS) is 15.7. The molecule has 1 amide bonds. The molecule has 2 aromatic carbocycles. The van der Waals surface area contributed by atoms with Crippen molar-refractivity contribution in [3.05, 3.63) is 41.5 Å². The number of amides is 1. The highest BCUT2D eigenvalue weighted by molar-refractivity contribution is 5.99. The third-order valence-corrected chi connectivity index (χ3v) is 6.34. The quantitative estimate of drug-likeness (QED) is 0.516. The molecule has 0 spiro atoms. The molecule has 1 saturated heterocycles. The van der Waals surface area contributed by atoms with Gasteiger partial charge in [-0.05, 0) is 56.3 Å². The Hall–Kier alpha value is -2.68. The Bertz CT molecular complexity index is 990. The van der Waals surface area contributed by atoms with Crippen LogP contribution < -0.4 is 24.7 Å². The average Bonchev–Trinajstić information content (AvgIpc) is 3.70. The van der Waals surface area contributed by atoms with Crippen LogP contribution >= 0.6 is 12.4 Å². The van der Waals surface area contributed by atoms with Crippen LogP contribution in [0.5, 0.6) is 28.7 Å². The highest BCUT2D eigenvalue weighted by atomic mass is 35.5. The molecule has 8 nitrogen and oxygen atoms in total. The van der Waals surface area contributed by atoms with Crippen LogP contribution in [0.1, 0.15) is 41.6 Å². The summed E-state index contributed by atoms with van der Waals surface area (Å²) in [6.45, 7) is 1.91. The van der Waals surface area contributed by atoms with Gasteiger partial charge in [-0.15, -0.1) is 12.4 Å². The summed E-state index contributed by atoms with van der Waals surface area (Å²) in [6.07, 6.45) is 4.48. The summed E-state index contributed by atoms with van der Waals surface area (Å²) in [5, 5.41) is 0. The van der Waals surface area contributed by atoms with E-state index in [0.29, 0.717) is 54.1 Å². The zero-order valence-electron chi connectivity index (χ0n) is 20.6. The van der Waals surface area contributed by atoms with Crippen molar-refractivity contribution in [1.29, 1.82) is 0 Å². The minimum atomic E-state index is -0.0876. The second kappa shape index (κ2) is 12.3. The van der Waals surface area contributed by atoms with Gasteiger partial charge in [0.15, 0.2) is 11.5 Å². The summed E-state index contributed by atoms with van der Waals surface area (Å²) < 4.78 is 28.7. The van der Waals surface area contributed by atoms with Gasteiger partial charge in [0.25, 0.3) is 5.91 Å². The van der Waals surface area contributed by atoms with E-state index in [1.165, 1.54) is 21.3 Å². The molecular weight excluding hydrogens is 472 g/mol. The van der Waals surface area contributed by atoms with Crippen LogP contribution in [-0.4, -0.2) is 64.0 Å². The molecule has 0 unspecified atom stereocenters. The first-order chi connectivity index (χ1) is 16.6. The number of hydrogen-bond acceptors (Lipinski definition) is 7. The van der Waals surface area contributed by atoms with Crippen molar-refractivity contribution in [3.8, 4) is 28.7 Å². The molecule has 2 aromatic rings. The number of halogens is 1. The Morgan fingerprint density at radius 1 is 0.943 bits per heavy atom. The lowest BCUT2D eigenvalue weighted by Gasteiger charge is -2.35. The molecule has 1 saturated carbocycles. The van der Waals surface area contributed by atoms with Gasteiger partial charge in [-0.2, -0.15) is 0 Å². The van der Waals surface area contributed by atoms with E-state index < -0.39 is 0 Å². The van der Waals surface area contributed by atoms with Crippen LogP contribution in [0.25, 0.3) is 0 Å². The zero-order chi connectivity index (χ0) is 24.1. The van der Waals surface area contributed by atoms with Crippen molar-refractivity contribution in [2.45, 2.75) is 44.2 Å². The summed E-state index contributed by atoms with van der Waals surface area (Å²) in [5.74, 6) is 1.95. The van der Waals surface area contributed by atoms with Crippen molar-refractivity contribution in [2.24, 2.45) is 5.73 Å². The fourth-order valence-corrected chi connectivity index (χ4v) is 4.52. The van der Waals surface area contributed by atoms with Crippen LogP contribution in [0, 0.1) is 0 Å². The predicted molar refractivity (Wildman–Crippen MR) is 136 cm³/mol. The second-order valence-corrected chi connectivity index (χ2v) is 8.59. The molecule has 2 aliphatic rings. The number of rotatable bonds is 10. The number of carbonyl (C=O) groups is 1. The summed E-state index contributed by atoms with van der Waals surface area (Å²) >= 11 is 0. The molecule has 0 radical (unpaired) electrons. The predicted octanol–water partition coefficient (Wildman–Crippen LogP) is 4.21. The van der Waals surface area contributed by atoms with Gasteiger partial charge in [0.05, 0.1) is 26.9 Å². The SMILES string of the molecule is COc1c(Oc2ccc(CCN)cc2)cc(C(=O)N(C2CCOCC2)C2CC2)c(OC)c1OC.Cl. The lowest BCUT2D eigenvalue weighted by atomic mass is 10.0. The number of nitrogens with zero attached hydrogens (tertiary/aromatic N) is 1. The van der Waals surface area contributed by atoms with Crippen LogP contribution in [0.2, 0.25) is 0 Å². The molecule has 4 rings (SSSR count). The molecule has 1 heterocycles. The lowest BCUT2D eigenvalue weighted by molar-refractivity contribution is 0.0265. The van der Waals surface area contributed by atoms with E-state index in [1.807, 2.05) is 29.2 Å². The fraction of sp³-hybridized carbons (Fsp3) is 0.500. The van der Waals surface area contributed by atoms with Gasteiger partial charge in [-0.1, -0.05) is 12.1 Å². The molecule has 1 aliphatic carbocycles. The molecule has 35 heavy (non-hydrogen) atoms. The monoisotopic (exact) mass is 506 g/mol. The largest absolute Gasteiger partial charge is 0.492 e. The van der Waals surface area contributed by atoms with Crippen molar-refractivity contribution < 1.29 is 28.5 Å². The number of benzene rings is 2. The first kappa shape index (κ1) is 26.9. The smallest absolute Gasteiger partial charge is 0.258 e. The molecule has 0 aromatic heterocycles. The average molecular weight is 507 g/mol. The van der Waals surface area contributed by atoms with Gasteiger partial charge in [0.2, 0.25) is 11.5 Å². The molecule has 2 fully saturated rings. The summed E-state index contributed by atoms with van der Waals surface area (Å²) in [5.41, 5.74) is 7.17. The molecule has 0 bridgehead atoms. The second-order valence-electron chi connectivity index (χ2n) is 8.59. The Kier molecular flexibility index (Phi) is 9.48. The van der Waals surface area contributed by atoms with Crippen molar-refractivity contribution in [1.82, 2.24) is 4.90 Å². The van der Waals surface area contributed by atoms with E-state index >= 15 is 0 Å².